The lowest BCUT2D eigenvalue weighted by molar-refractivity contribution is 0.265. The second-order valence-electron chi connectivity index (χ2n) is 4.48. The van der Waals surface area contributed by atoms with E-state index in [4.69, 9.17) is 11.6 Å². The molecule has 1 atom stereocenters. The number of nitrogens with one attached hydrogen (secondary N) is 1. The smallest absolute Gasteiger partial charge is 0.224 e. The summed E-state index contributed by atoms with van der Waals surface area (Å²) >= 11 is 5.85. The summed E-state index contributed by atoms with van der Waals surface area (Å²) in [6.45, 7) is 0.0516. The van der Waals surface area contributed by atoms with E-state index in [-0.39, 0.29) is 17.4 Å². The lowest BCUT2D eigenvalue weighted by atomic mass is 10.2. The van der Waals surface area contributed by atoms with Gasteiger partial charge in [0.05, 0.1) is 28.6 Å². The van der Waals surface area contributed by atoms with E-state index >= 15 is 0 Å². The van der Waals surface area contributed by atoms with Crippen LogP contribution in [-0.4, -0.2) is 37.2 Å². The Morgan fingerprint density at radius 3 is 2.88 bits per heavy atom. The second-order valence-corrected chi connectivity index (χ2v) is 6.33. The van der Waals surface area contributed by atoms with Crippen molar-refractivity contribution in [1.82, 2.24) is 9.97 Å². The number of anilines is 1. The van der Waals surface area contributed by atoms with E-state index in [0.29, 0.717) is 22.9 Å². The van der Waals surface area contributed by atoms with E-state index in [9.17, 15) is 9.32 Å². The monoisotopic (exact) mass is 273 g/mol. The number of fused-ring (bicyclic) bond motifs is 1. The molecule has 0 spiro atoms. The summed E-state index contributed by atoms with van der Waals surface area (Å²) in [5.74, 6) is 1.10. The van der Waals surface area contributed by atoms with Crippen LogP contribution in [0.4, 0.5) is 5.82 Å². The van der Waals surface area contributed by atoms with Crippen molar-refractivity contribution in [3.63, 3.8) is 0 Å². The van der Waals surface area contributed by atoms with Gasteiger partial charge in [0.2, 0.25) is 5.28 Å². The first-order valence-electron chi connectivity index (χ1n) is 5.47. The number of hydrogen-bond acceptors (Lipinski definition) is 5. The SMILES string of the molecule is O=[S@]1CCc2nc(Cl)nc(NC3(CO)CC3)c21. The summed E-state index contributed by atoms with van der Waals surface area (Å²) < 4.78 is 11.9. The molecule has 1 aliphatic carbocycles. The lowest BCUT2D eigenvalue weighted by Crippen LogP contribution is -2.27. The lowest BCUT2D eigenvalue weighted by Gasteiger charge is -2.16. The van der Waals surface area contributed by atoms with Gasteiger partial charge in [0.1, 0.15) is 10.7 Å². The van der Waals surface area contributed by atoms with Crippen LogP contribution in [0.2, 0.25) is 5.28 Å². The molecule has 2 heterocycles. The number of nitrogens with zero attached hydrogens (tertiary/aromatic N) is 2. The summed E-state index contributed by atoms with van der Waals surface area (Å²) in [6.07, 6.45) is 2.46. The minimum atomic E-state index is -1.05. The molecule has 0 bridgehead atoms. The number of aliphatic hydroxyl groups excluding tert-OH is 1. The third kappa shape index (κ3) is 1.94. The molecule has 0 aromatic carbocycles. The Labute approximate surface area is 106 Å². The molecular formula is C10H12ClN3O2S. The molecule has 17 heavy (non-hydrogen) atoms. The van der Waals surface area contributed by atoms with Crippen molar-refractivity contribution in [3.05, 3.63) is 11.0 Å². The molecular weight excluding hydrogens is 262 g/mol. The zero-order valence-corrected chi connectivity index (χ0v) is 10.6. The van der Waals surface area contributed by atoms with Crippen molar-refractivity contribution in [2.75, 3.05) is 17.7 Å². The molecule has 0 radical (unpaired) electrons. The summed E-state index contributed by atoms with van der Waals surface area (Å²) in [6, 6.07) is 0. The largest absolute Gasteiger partial charge is 0.394 e. The maximum absolute atomic E-state index is 11.9. The number of aromatic nitrogens is 2. The van der Waals surface area contributed by atoms with Crippen molar-refractivity contribution < 1.29 is 9.32 Å². The van der Waals surface area contributed by atoms with Crippen LogP contribution in [-0.2, 0) is 17.2 Å². The van der Waals surface area contributed by atoms with Gasteiger partial charge in [-0.05, 0) is 24.4 Å². The summed E-state index contributed by atoms with van der Waals surface area (Å²) in [5.41, 5.74) is 0.470. The first-order valence-corrected chi connectivity index (χ1v) is 7.17. The van der Waals surface area contributed by atoms with Crippen molar-refractivity contribution in [1.29, 1.82) is 0 Å². The minimum Gasteiger partial charge on any atom is -0.394 e. The molecule has 1 saturated carbocycles. The van der Waals surface area contributed by atoms with Crippen LogP contribution in [0.5, 0.6) is 0 Å². The van der Waals surface area contributed by atoms with Crippen molar-refractivity contribution in [2.45, 2.75) is 29.7 Å². The number of aryl methyl sites for hydroxylation is 1. The van der Waals surface area contributed by atoms with Gasteiger partial charge in [-0.3, -0.25) is 4.21 Å². The van der Waals surface area contributed by atoms with E-state index in [1.54, 1.807) is 0 Å². The third-order valence-corrected chi connectivity index (χ3v) is 4.83. The third-order valence-electron chi connectivity index (χ3n) is 3.20. The standard InChI is InChI=1S/C10H12ClN3O2S/c11-9-12-6-1-4-17(16)7(6)8(13-9)14-10(5-15)2-3-10/h15H,1-5H2,(H,12,13,14)/t17-/m0/s1. The van der Waals surface area contributed by atoms with Crippen LogP contribution in [0.25, 0.3) is 0 Å². The van der Waals surface area contributed by atoms with Gasteiger partial charge in [0.25, 0.3) is 0 Å². The van der Waals surface area contributed by atoms with Crippen LogP contribution < -0.4 is 5.32 Å². The molecule has 0 saturated heterocycles. The van der Waals surface area contributed by atoms with Crippen molar-refractivity contribution in [3.8, 4) is 0 Å². The maximum atomic E-state index is 11.9. The van der Waals surface area contributed by atoms with Gasteiger partial charge in [-0.25, -0.2) is 4.98 Å². The Balaban J connectivity index is 2.01. The zero-order chi connectivity index (χ0) is 12.0. The van der Waals surface area contributed by atoms with Gasteiger partial charge >= 0.3 is 0 Å². The molecule has 1 aliphatic heterocycles. The second kappa shape index (κ2) is 3.90. The Morgan fingerprint density at radius 2 is 2.24 bits per heavy atom. The molecule has 0 amide bonds. The van der Waals surface area contributed by atoms with E-state index in [1.807, 2.05) is 0 Å². The predicted octanol–water partition coefficient (Wildman–Crippen LogP) is 0.730. The van der Waals surface area contributed by atoms with Crippen molar-refractivity contribution in [2.24, 2.45) is 0 Å². The Bertz CT molecular complexity index is 505. The number of aliphatic hydroxyl groups is 1. The van der Waals surface area contributed by atoms with Gasteiger partial charge in [-0.2, -0.15) is 4.98 Å². The fourth-order valence-electron chi connectivity index (χ4n) is 1.98. The highest BCUT2D eigenvalue weighted by Crippen LogP contribution is 2.40. The quantitative estimate of drug-likeness (QED) is 0.794. The van der Waals surface area contributed by atoms with Crippen LogP contribution in [0.3, 0.4) is 0 Å². The number of halogens is 1. The normalized spacial score (nSPS) is 24.5. The van der Waals surface area contributed by atoms with Gasteiger partial charge in [0, 0.05) is 12.2 Å². The molecule has 2 aliphatic rings. The van der Waals surface area contributed by atoms with E-state index in [0.717, 1.165) is 18.5 Å². The highest BCUT2D eigenvalue weighted by atomic mass is 35.5. The molecule has 2 N–H and O–H groups in total. The molecule has 5 nitrogen and oxygen atoms in total. The van der Waals surface area contributed by atoms with E-state index < -0.39 is 10.8 Å². The van der Waals surface area contributed by atoms with E-state index in [2.05, 4.69) is 15.3 Å². The van der Waals surface area contributed by atoms with Crippen LogP contribution in [0, 0.1) is 0 Å². The highest BCUT2D eigenvalue weighted by molar-refractivity contribution is 7.85. The molecule has 1 fully saturated rings. The first-order chi connectivity index (χ1) is 8.13. The number of hydrogen-bond donors (Lipinski definition) is 2. The fraction of sp³-hybridized carbons (Fsp3) is 0.600. The van der Waals surface area contributed by atoms with E-state index in [1.165, 1.54) is 0 Å². The first kappa shape index (κ1) is 11.4. The Hall–Kier alpha value is -0.720. The molecule has 92 valence electrons. The summed E-state index contributed by atoms with van der Waals surface area (Å²) in [4.78, 5) is 8.87. The van der Waals surface area contributed by atoms with Crippen molar-refractivity contribution >= 4 is 28.2 Å². The average molecular weight is 274 g/mol. The van der Waals surface area contributed by atoms with Gasteiger partial charge in [-0.15, -0.1) is 0 Å². The highest BCUT2D eigenvalue weighted by Gasteiger charge is 2.43. The number of rotatable bonds is 3. The molecule has 0 unspecified atom stereocenters. The van der Waals surface area contributed by atoms with Gasteiger partial charge in [-0.1, -0.05) is 0 Å². The molecule has 1 aromatic rings. The zero-order valence-electron chi connectivity index (χ0n) is 9.07. The molecule has 7 heteroatoms. The predicted molar refractivity (Wildman–Crippen MR) is 64.7 cm³/mol. The topological polar surface area (TPSA) is 75.1 Å². The maximum Gasteiger partial charge on any atom is 0.224 e. The Kier molecular flexibility index (Phi) is 2.61. The molecule has 1 aromatic heterocycles. The van der Waals surface area contributed by atoms with Gasteiger partial charge < -0.3 is 10.4 Å². The minimum absolute atomic E-state index is 0.0516. The van der Waals surface area contributed by atoms with Gasteiger partial charge in [0.15, 0.2) is 0 Å². The Morgan fingerprint density at radius 1 is 1.47 bits per heavy atom. The fourth-order valence-corrected chi connectivity index (χ4v) is 3.47. The van der Waals surface area contributed by atoms with Crippen LogP contribution >= 0.6 is 11.6 Å². The summed E-state index contributed by atoms with van der Waals surface area (Å²) in [5, 5.41) is 12.6. The summed E-state index contributed by atoms with van der Waals surface area (Å²) in [7, 11) is -1.05. The van der Waals surface area contributed by atoms with Crippen LogP contribution in [0.1, 0.15) is 18.5 Å². The van der Waals surface area contributed by atoms with Crippen LogP contribution in [0.15, 0.2) is 4.90 Å². The molecule has 3 rings (SSSR count). The average Bonchev–Trinajstić information content (AvgIpc) is 2.97.